The van der Waals surface area contributed by atoms with Crippen LogP contribution in [0.2, 0.25) is 0 Å². The molecule has 3 heterocycles. The number of aryl methyl sites for hydroxylation is 2. The minimum absolute atomic E-state index is 0.229. The number of carbonyl (C=O) groups excluding carboxylic acids is 1. The number of anilines is 1. The summed E-state index contributed by atoms with van der Waals surface area (Å²) in [7, 11) is 0. The molecule has 0 atom stereocenters. The summed E-state index contributed by atoms with van der Waals surface area (Å²) in [6.45, 7) is 0.525. The van der Waals surface area contributed by atoms with Gasteiger partial charge in [0.25, 0.3) is 11.5 Å². The Morgan fingerprint density at radius 3 is 2.89 bits per heavy atom. The molecule has 7 heteroatoms. The van der Waals surface area contributed by atoms with Crippen molar-refractivity contribution in [2.75, 3.05) is 5.32 Å². The molecule has 5 rings (SSSR count). The maximum Gasteiger partial charge on any atom is 0.267 e. The number of aromatic hydroxyl groups is 1. The normalized spacial score (nSPS) is 13.2. The van der Waals surface area contributed by atoms with Crippen LogP contribution in [0, 0.1) is 0 Å². The van der Waals surface area contributed by atoms with Crippen LogP contribution in [0.3, 0.4) is 0 Å². The van der Waals surface area contributed by atoms with Gasteiger partial charge < -0.3 is 14.7 Å². The Kier molecular flexibility index (Phi) is 3.30. The van der Waals surface area contributed by atoms with Crippen molar-refractivity contribution in [3.05, 3.63) is 63.9 Å². The number of aromatic nitrogens is 3. The number of aromatic amines is 1. The number of H-pyrrole nitrogens is 1. The smallest absolute Gasteiger partial charge is 0.267 e. The summed E-state index contributed by atoms with van der Waals surface area (Å²) < 4.78 is 1.58. The molecule has 134 valence electrons. The first-order chi connectivity index (χ1) is 13.1. The van der Waals surface area contributed by atoms with E-state index in [4.69, 9.17) is 0 Å². The van der Waals surface area contributed by atoms with Gasteiger partial charge in [0.05, 0.1) is 16.6 Å². The van der Waals surface area contributed by atoms with E-state index >= 15 is 0 Å². The molecule has 0 radical (unpaired) electrons. The Hall–Kier alpha value is -3.61. The highest BCUT2D eigenvalue weighted by atomic mass is 16.3. The van der Waals surface area contributed by atoms with Crippen molar-refractivity contribution in [3.63, 3.8) is 0 Å². The second-order valence-electron chi connectivity index (χ2n) is 6.65. The highest BCUT2D eigenvalue weighted by Crippen LogP contribution is 2.31. The van der Waals surface area contributed by atoms with E-state index < -0.39 is 11.5 Å². The molecule has 1 amide bonds. The van der Waals surface area contributed by atoms with E-state index in [9.17, 15) is 14.7 Å². The van der Waals surface area contributed by atoms with Gasteiger partial charge in [0.15, 0.2) is 0 Å². The number of nitrogens with one attached hydrogen (secondary N) is 2. The van der Waals surface area contributed by atoms with Crippen LogP contribution in [0.1, 0.15) is 22.3 Å². The molecule has 1 aliphatic rings. The first-order valence-corrected chi connectivity index (χ1v) is 8.77. The largest absolute Gasteiger partial charge is 0.506 e. The predicted octanol–water partition coefficient (Wildman–Crippen LogP) is 2.78. The third kappa shape index (κ3) is 2.32. The lowest BCUT2D eigenvalue weighted by Gasteiger charge is -2.21. The molecule has 0 aliphatic carbocycles. The first-order valence-electron chi connectivity index (χ1n) is 8.77. The molecular weight excluding hydrogens is 344 g/mol. The third-order valence-corrected chi connectivity index (χ3v) is 5.02. The van der Waals surface area contributed by atoms with Crippen LogP contribution in [0.25, 0.3) is 21.9 Å². The fourth-order valence-corrected chi connectivity index (χ4v) is 3.80. The zero-order valence-electron chi connectivity index (χ0n) is 14.3. The molecule has 4 aromatic rings. The number of amides is 1. The molecule has 1 aliphatic heterocycles. The van der Waals surface area contributed by atoms with Gasteiger partial charge in [-0.2, -0.15) is 0 Å². The van der Waals surface area contributed by atoms with Crippen LogP contribution in [-0.4, -0.2) is 25.5 Å². The summed E-state index contributed by atoms with van der Waals surface area (Å²) in [4.78, 5) is 33.0. The predicted molar refractivity (Wildman–Crippen MR) is 102 cm³/mol. The molecule has 0 spiro atoms. The Morgan fingerprint density at radius 2 is 2.04 bits per heavy atom. The van der Waals surface area contributed by atoms with Gasteiger partial charge in [0.2, 0.25) is 5.95 Å². The Labute approximate surface area is 153 Å². The molecule has 7 nitrogen and oxygen atoms in total. The first kappa shape index (κ1) is 15.6. The number of hydrogen-bond donors (Lipinski definition) is 3. The van der Waals surface area contributed by atoms with E-state index in [1.165, 1.54) is 0 Å². The minimum Gasteiger partial charge on any atom is -0.506 e. The van der Waals surface area contributed by atoms with Crippen LogP contribution in [0.4, 0.5) is 5.95 Å². The van der Waals surface area contributed by atoms with E-state index in [2.05, 4.69) is 15.3 Å². The highest BCUT2D eigenvalue weighted by Gasteiger charge is 2.25. The lowest BCUT2D eigenvalue weighted by molar-refractivity contribution is 0.102. The van der Waals surface area contributed by atoms with Crippen LogP contribution < -0.4 is 10.9 Å². The monoisotopic (exact) mass is 360 g/mol. The number of rotatable bonds is 2. The number of fused-ring (bicyclic) bond motifs is 1. The van der Waals surface area contributed by atoms with Gasteiger partial charge in [-0.15, -0.1) is 0 Å². The summed E-state index contributed by atoms with van der Waals surface area (Å²) >= 11 is 0. The second-order valence-corrected chi connectivity index (χ2v) is 6.65. The van der Waals surface area contributed by atoms with E-state index in [0.717, 1.165) is 23.9 Å². The van der Waals surface area contributed by atoms with Crippen LogP contribution >= 0.6 is 0 Å². The van der Waals surface area contributed by atoms with Crippen molar-refractivity contribution >= 4 is 33.8 Å². The summed E-state index contributed by atoms with van der Waals surface area (Å²) in [5.41, 5.74) is 2.45. The number of imidazole rings is 1. The van der Waals surface area contributed by atoms with E-state index in [-0.39, 0.29) is 17.3 Å². The van der Waals surface area contributed by atoms with Gasteiger partial charge in [-0.05, 0) is 36.6 Å². The number of nitrogens with zero attached hydrogens (tertiary/aromatic N) is 2. The second kappa shape index (κ2) is 5.70. The van der Waals surface area contributed by atoms with Crippen molar-refractivity contribution in [1.29, 1.82) is 0 Å². The van der Waals surface area contributed by atoms with Crippen molar-refractivity contribution in [1.82, 2.24) is 14.5 Å². The van der Waals surface area contributed by atoms with Crippen molar-refractivity contribution in [3.8, 4) is 5.75 Å². The fraction of sp³-hybridized carbons (Fsp3) is 0.150. The third-order valence-electron chi connectivity index (χ3n) is 5.02. The van der Waals surface area contributed by atoms with Gasteiger partial charge in [-0.3, -0.25) is 14.9 Å². The van der Waals surface area contributed by atoms with Gasteiger partial charge in [-0.1, -0.05) is 24.3 Å². The zero-order chi connectivity index (χ0) is 18.5. The van der Waals surface area contributed by atoms with Gasteiger partial charge in [-0.25, -0.2) is 4.98 Å². The zero-order valence-corrected chi connectivity index (χ0v) is 14.3. The van der Waals surface area contributed by atoms with Crippen molar-refractivity contribution < 1.29 is 9.90 Å². The molecule has 0 fully saturated rings. The number of para-hydroxylation sites is 3. The minimum atomic E-state index is -0.682. The standard InChI is InChI=1S/C20H16N4O3/c25-17-12-7-3-5-11-6-4-10-24(16(11)12)19(27)15(17)18(26)23-20-21-13-8-1-2-9-14(13)22-20/h1-3,5,7-9,25H,4,6,10H2,(H2,21,22,23,26). The quantitative estimate of drug-likeness (QED) is 0.512. The van der Waals surface area contributed by atoms with Crippen LogP contribution in [0.5, 0.6) is 5.75 Å². The van der Waals surface area contributed by atoms with Crippen LogP contribution in [0.15, 0.2) is 47.3 Å². The Balaban J connectivity index is 1.64. The summed E-state index contributed by atoms with van der Waals surface area (Å²) in [5, 5.41) is 13.8. The van der Waals surface area contributed by atoms with E-state index in [1.54, 1.807) is 10.6 Å². The molecule has 27 heavy (non-hydrogen) atoms. The lowest BCUT2D eigenvalue weighted by Crippen LogP contribution is -2.32. The van der Waals surface area contributed by atoms with E-state index in [1.807, 2.05) is 36.4 Å². The summed E-state index contributed by atoms with van der Waals surface area (Å²) in [5.74, 6) is -0.741. The average Bonchev–Trinajstić information content (AvgIpc) is 3.08. The maximum atomic E-state index is 12.9. The molecule has 2 aromatic heterocycles. The number of pyridine rings is 1. The molecule has 0 saturated carbocycles. The molecule has 0 unspecified atom stereocenters. The SMILES string of the molecule is O=C(Nc1nc2ccccc2[nH]1)c1c(O)c2cccc3c2n(c1=O)CCC3. The van der Waals surface area contributed by atoms with Crippen molar-refractivity contribution in [2.45, 2.75) is 19.4 Å². The number of carbonyl (C=O) groups is 1. The average molecular weight is 360 g/mol. The molecule has 0 bridgehead atoms. The van der Waals surface area contributed by atoms with E-state index in [0.29, 0.717) is 23.0 Å². The van der Waals surface area contributed by atoms with Gasteiger partial charge in [0, 0.05) is 11.9 Å². The summed E-state index contributed by atoms with van der Waals surface area (Å²) in [6.07, 6.45) is 1.67. The molecule has 2 aromatic carbocycles. The molecule has 0 saturated heterocycles. The topological polar surface area (TPSA) is 100 Å². The van der Waals surface area contributed by atoms with Gasteiger partial charge in [0.1, 0.15) is 11.3 Å². The maximum absolute atomic E-state index is 12.9. The lowest BCUT2D eigenvalue weighted by atomic mass is 9.99. The number of benzene rings is 2. The summed E-state index contributed by atoms with van der Waals surface area (Å²) in [6, 6.07) is 12.9. The fourth-order valence-electron chi connectivity index (χ4n) is 3.80. The Morgan fingerprint density at radius 1 is 1.19 bits per heavy atom. The molecular formula is C20H16N4O3. The van der Waals surface area contributed by atoms with Crippen molar-refractivity contribution in [2.24, 2.45) is 0 Å². The Bertz CT molecular complexity index is 1250. The van der Waals surface area contributed by atoms with Crippen LogP contribution in [-0.2, 0) is 13.0 Å². The highest BCUT2D eigenvalue weighted by molar-refractivity contribution is 6.09. The molecule has 3 N–H and O–H groups in total. The van der Waals surface area contributed by atoms with Gasteiger partial charge >= 0.3 is 0 Å². The number of hydrogen-bond acceptors (Lipinski definition) is 4.